The van der Waals surface area contributed by atoms with Crippen LogP contribution >= 0.6 is 11.8 Å². The van der Waals surface area contributed by atoms with E-state index < -0.39 is 0 Å². The molecule has 1 saturated carbocycles. The van der Waals surface area contributed by atoms with Gasteiger partial charge in [0.05, 0.1) is 6.10 Å². The molecule has 2 atom stereocenters. The maximum atomic E-state index is 9.68. The van der Waals surface area contributed by atoms with Crippen LogP contribution in [-0.4, -0.2) is 17.0 Å². The van der Waals surface area contributed by atoms with Crippen molar-refractivity contribution in [3.63, 3.8) is 0 Å². The zero-order valence-electron chi connectivity index (χ0n) is 8.93. The van der Waals surface area contributed by atoms with Crippen molar-refractivity contribution >= 4 is 11.8 Å². The predicted molar refractivity (Wildman–Crippen MR) is 65.1 cm³/mol. The maximum absolute atomic E-state index is 9.68. The summed E-state index contributed by atoms with van der Waals surface area (Å²) in [7, 11) is 0. The number of thioether (sulfide) groups is 1. The van der Waals surface area contributed by atoms with Gasteiger partial charge >= 0.3 is 0 Å². The Bertz CT molecular complexity index is 286. The Morgan fingerprint density at radius 2 is 2.00 bits per heavy atom. The molecule has 0 spiro atoms. The van der Waals surface area contributed by atoms with E-state index in [-0.39, 0.29) is 6.10 Å². The fourth-order valence-electron chi connectivity index (χ4n) is 2.20. The standard InChI is InChI=1S/C13H18OS/c14-13-8-4-5-11(13)9-10-15-12-6-2-1-3-7-12/h1-3,6-7,11,13-14H,4-5,8-10H2. The average molecular weight is 222 g/mol. The van der Waals surface area contributed by atoms with E-state index in [1.807, 2.05) is 17.8 Å². The van der Waals surface area contributed by atoms with Crippen LogP contribution in [0.2, 0.25) is 0 Å². The Hall–Kier alpha value is -0.470. The molecule has 1 nitrogen and oxygen atoms in total. The summed E-state index contributed by atoms with van der Waals surface area (Å²) < 4.78 is 0. The van der Waals surface area contributed by atoms with Crippen LogP contribution < -0.4 is 0 Å². The second kappa shape index (κ2) is 5.57. The molecule has 0 aliphatic heterocycles. The lowest BCUT2D eigenvalue weighted by Crippen LogP contribution is -2.13. The van der Waals surface area contributed by atoms with E-state index in [4.69, 9.17) is 0 Å². The molecule has 2 heteroatoms. The normalized spacial score (nSPS) is 25.7. The number of aliphatic hydroxyl groups excluding tert-OH is 1. The molecule has 2 unspecified atom stereocenters. The first-order valence-electron chi connectivity index (χ1n) is 5.72. The second-order valence-electron chi connectivity index (χ2n) is 4.21. The van der Waals surface area contributed by atoms with E-state index in [1.165, 1.54) is 17.7 Å². The van der Waals surface area contributed by atoms with Crippen LogP contribution in [0.4, 0.5) is 0 Å². The van der Waals surface area contributed by atoms with Crippen molar-refractivity contribution in [1.82, 2.24) is 0 Å². The summed E-state index contributed by atoms with van der Waals surface area (Å²) in [5, 5.41) is 9.68. The molecule has 1 aromatic rings. The lowest BCUT2D eigenvalue weighted by atomic mass is 10.0. The first-order valence-corrected chi connectivity index (χ1v) is 6.71. The van der Waals surface area contributed by atoms with Crippen molar-refractivity contribution in [3.05, 3.63) is 30.3 Å². The van der Waals surface area contributed by atoms with E-state index in [2.05, 4.69) is 24.3 Å². The minimum Gasteiger partial charge on any atom is -0.393 e. The van der Waals surface area contributed by atoms with Gasteiger partial charge in [-0.2, -0.15) is 0 Å². The van der Waals surface area contributed by atoms with Gasteiger partial charge in [-0.3, -0.25) is 0 Å². The third-order valence-electron chi connectivity index (χ3n) is 3.12. The first-order chi connectivity index (χ1) is 7.36. The molecule has 0 heterocycles. The Labute approximate surface area is 95.9 Å². The third-order valence-corrected chi connectivity index (χ3v) is 4.16. The summed E-state index contributed by atoms with van der Waals surface area (Å²) in [6, 6.07) is 10.5. The van der Waals surface area contributed by atoms with E-state index in [0.717, 1.165) is 18.6 Å². The molecule has 1 fully saturated rings. The van der Waals surface area contributed by atoms with E-state index in [1.54, 1.807) is 0 Å². The van der Waals surface area contributed by atoms with E-state index in [0.29, 0.717) is 5.92 Å². The zero-order chi connectivity index (χ0) is 10.5. The number of hydrogen-bond acceptors (Lipinski definition) is 2. The molecule has 82 valence electrons. The highest BCUT2D eigenvalue weighted by atomic mass is 32.2. The fourth-order valence-corrected chi connectivity index (χ4v) is 3.20. The largest absolute Gasteiger partial charge is 0.393 e. The van der Waals surface area contributed by atoms with Gasteiger partial charge in [-0.15, -0.1) is 11.8 Å². The summed E-state index contributed by atoms with van der Waals surface area (Å²) in [4.78, 5) is 1.34. The van der Waals surface area contributed by atoms with Crippen LogP contribution in [0.15, 0.2) is 35.2 Å². The van der Waals surface area contributed by atoms with Crippen molar-refractivity contribution in [1.29, 1.82) is 0 Å². The summed E-state index contributed by atoms with van der Waals surface area (Å²) in [6.45, 7) is 0. The van der Waals surface area contributed by atoms with Crippen LogP contribution in [0, 0.1) is 5.92 Å². The maximum Gasteiger partial charge on any atom is 0.0568 e. The van der Waals surface area contributed by atoms with Crippen LogP contribution in [0.5, 0.6) is 0 Å². The molecule has 1 N–H and O–H groups in total. The number of benzene rings is 1. The minimum absolute atomic E-state index is 0.0265. The van der Waals surface area contributed by atoms with Gasteiger partial charge in [0.1, 0.15) is 0 Å². The smallest absolute Gasteiger partial charge is 0.0568 e. The SMILES string of the molecule is OC1CCCC1CCSc1ccccc1. The molecule has 0 saturated heterocycles. The second-order valence-corrected chi connectivity index (χ2v) is 5.38. The molecule has 0 aromatic heterocycles. The predicted octanol–water partition coefficient (Wildman–Crippen LogP) is 3.33. The van der Waals surface area contributed by atoms with Crippen LogP contribution in [-0.2, 0) is 0 Å². The van der Waals surface area contributed by atoms with Gasteiger partial charge in [0.2, 0.25) is 0 Å². The van der Waals surface area contributed by atoms with Gasteiger partial charge in [-0.25, -0.2) is 0 Å². The van der Waals surface area contributed by atoms with Crippen molar-refractivity contribution < 1.29 is 5.11 Å². The van der Waals surface area contributed by atoms with Crippen molar-refractivity contribution in [2.45, 2.75) is 36.7 Å². The van der Waals surface area contributed by atoms with Gasteiger partial charge in [0.25, 0.3) is 0 Å². The highest BCUT2D eigenvalue weighted by molar-refractivity contribution is 7.99. The van der Waals surface area contributed by atoms with Crippen LogP contribution in [0.25, 0.3) is 0 Å². The van der Waals surface area contributed by atoms with Gasteiger partial charge in [0, 0.05) is 4.90 Å². The molecule has 15 heavy (non-hydrogen) atoms. The molecular formula is C13H18OS. The molecule has 0 bridgehead atoms. The van der Waals surface area contributed by atoms with Gasteiger partial charge < -0.3 is 5.11 Å². The highest BCUT2D eigenvalue weighted by Gasteiger charge is 2.24. The van der Waals surface area contributed by atoms with Gasteiger partial charge in [0.15, 0.2) is 0 Å². The highest BCUT2D eigenvalue weighted by Crippen LogP contribution is 2.30. The van der Waals surface area contributed by atoms with Crippen LogP contribution in [0.3, 0.4) is 0 Å². The molecule has 1 aliphatic carbocycles. The van der Waals surface area contributed by atoms with Crippen LogP contribution in [0.1, 0.15) is 25.7 Å². The number of aliphatic hydroxyl groups is 1. The lowest BCUT2D eigenvalue weighted by molar-refractivity contribution is 0.131. The van der Waals surface area contributed by atoms with E-state index in [9.17, 15) is 5.11 Å². The molecule has 2 rings (SSSR count). The Balaban J connectivity index is 1.71. The van der Waals surface area contributed by atoms with Crippen molar-refractivity contribution in [3.8, 4) is 0 Å². The summed E-state index contributed by atoms with van der Waals surface area (Å²) in [5.41, 5.74) is 0. The molecular weight excluding hydrogens is 204 g/mol. The summed E-state index contributed by atoms with van der Waals surface area (Å²) >= 11 is 1.90. The summed E-state index contributed by atoms with van der Waals surface area (Å²) in [5.74, 6) is 1.69. The first kappa shape index (κ1) is 11.0. The monoisotopic (exact) mass is 222 g/mol. The fraction of sp³-hybridized carbons (Fsp3) is 0.538. The van der Waals surface area contributed by atoms with Gasteiger partial charge in [-0.1, -0.05) is 24.6 Å². The molecule has 1 aromatic carbocycles. The number of hydrogen-bond donors (Lipinski definition) is 1. The van der Waals surface area contributed by atoms with Crippen molar-refractivity contribution in [2.75, 3.05) is 5.75 Å². The zero-order valence-corrected chi connectivity index (χ0v) is 9.75. The molecule has 1 aliphatic rings. The van der Waals surface area contributed by atoms with E-state index >= 15 is 0 Å². The molecule has 0 radical (unpaired) electrons. The third kappa shape index (κ3) is 3.25. The Morgan fingerprint density at radius 3 is 2.67 bits per heavy atom. The topological polar surface area (TPSA) is 20.2 Å². The lowest BCUT2D eigenvalue weighted by Gasteiger charge is -2.13. The quantitative estimate of drug-likeness (QED) is 0.789. The number of rotatable bonds is 4. The Morgan fingerprint density at radius 1 is 1.20 bits per heavy atom. The Kier molecular flexibility index (Phi) is 4.09. The minimum atomic E-state index is -0.0265. The van der Waals surface area contributed by atoms with Crippen molar-refractivity contribution in [2.24, 2.45) is 5.92 Å². The van der Waals surface area contributed by atoms with Gasteiger partial charge in [-0.05, 0) is 43.1 Å². The molecule has 0 amide bonds. The summed E-state index contributed by atoms with van der Waals surface area (Å²) in [6.07, 6.45) is 4.57. The average Bonchev–Trinajstić information content (AvgIpc) is 2.66.